The van der Waals surface area contributed by atoms with Crippen molar-refractivity contribution in [2.24, 2.45) is 17.6 Å². The maximum absolute atomic E-state index is 5.86. The number of nitrogens with zero attached hydrogens (tertiary/aromatic N) is 1. The first kappa shape index (κ1) is 14.3. The van der Waals surface area contributed by atoms with E-state index in [9.17, 15) is 0 Å². The number of rotatable bonds is 4. The van der Waals surface area contributed by atoms with E-state index in [-0.39, 0.29) is 0 Å². The lowest BCUT2D eigenvalue weighted by molar-refractivity contribution is 0.537. The van der Waals surface area contributed by atoms with Crippen LogP contribution in [0.5, 0.6) is 0 Å². The first-order valence-electron chi connectivity index (χ1n) is 7.56. The maximum atomic E-state index is 5.86. The van der Waals surface area contributed by atoms with Crippen LogP contribution in [0.1, 0.15) is 31.7 Å². The standard InChI is InChI=1S/C17H21N3S/c1-11-6-7-12(8-11)9-20-16-13-4-2-3-5-15(13)19-10-14(16)17(18)21/h2-5,10-12H,6-9H2,1H3,(H2,18,21)(H,19,20). The molecule has 2 atom stereocenters. The molecule has 0 radical (unpaired) electrons. The predicted molar refractivity (Wildman–Crippen MR) is 92.6 cm³/mol. The van der Waals surface area contributed by atoms with Crippen molar-refractivity contribution < 1.29 is 0 Å². The summed E-state index contributed by atoms with van der Waals surface area (Å²) in [6.45, 7) is 3.32. The van der Waals surface area contributed by atoms with Crippen LogP contribution in [0.15, 0.2) is 30.5 Å². The van der Waals surface area contributed by atoms with Crippen LogP contribution in [0.4, 0.5) is 5.69 Å². The van der Waals surface area contributed by atoms with E-state index in [1.807, 2.05) is 18.2 Å². The molecule has 4 heteroatoms. The van der Waals surface area contributed by atoms with Gasteiger partial charge in [-0.25, -0.2) is 0 Å². The molecule has 0 saturated heterocycles. The third kappa shape index (κ3) is 3.00. The Morgan fingerprint density at radius 2 is 2.19 bits per heavy atom. The summed E-state index contributed by atoms with van der Waals surface area (Å²) in [5.41, 5.74) is 8.71. The maximum Gasteiger partial charge on any atom is 0.107 e. The zero-order valence-electron chi connectivity index (χ0n) is 12.3. The van der Waals surface area contributed by atoms with Crippen LogP contribution < -0.4 is 11.1 Å². The van der Waals surface area contributed by atoms with E-state index in [2.05, 4.69) is 23.3 Å². The Morgan fingerprint density at radius 1 is 1.38 bits per heavy atom. The molecule has 3 N–H and O–H groups in total. The highest BCUT2D eigenvalue weighted by molar-refractivity contribution is 7.80. The van der Waals surface area contributed by atoms with Crippen LogP contribution in [-0.4, -0.2) is 16.5 Å². The quantitative estimate of drug-likeness (QED) is 0.845. The van der Waals surface area contributed by atoms with Crippen LogP contribution in [0, 0.1) is 11.8 Å². The Balaban J connectivity index is 1.91. The molecule has 3 rings (SSSR count). The lowest BCUT2D eigenvalue weighted by atomic mass is 10.0. The summed E-state index contributed by atoms with van der Waals surface area (Å²) >= 11 is 5.18. The Morgan fingerprint density at radius 3 is 2.90 bits per heavy atom. The number of thiocarbonyl (C=S) groups is 1. The highest BCUT2D eigenvalue weighted by atomic mass is 32.1. The number of fused-ring (bicyclic) bond motifs is 1. The minimum absolute atomic E-state index is 0.399. The Hall–Kier alpha value is -1.68. The van der Waals surface area contributed by atoms with Crippen LogP contribution in [0.2, 0.25) is 0 Å². The van der Waals surface area contributed by atoms with Crippen LogP contribution in [0.25, 0.3) is 10.9 Å². The van der Waals surface area contributed by atoms with Crippen molar-refractivity contribution in [1.82, 2.24) is 4.98 Å². The zero-order valence-corrected chi connectivity index (χ0v) is 13.1. The number of nitrogens with two attached hydrogens (primary N) is 1. The van der Waals surface area contributed by atoms with Gasteiger partial charge < -0.3 is 11.1 Å². The number of para-hydroxylation sites is 1. The topological polar surface area (TPSA) is 50.9 Å². The molecule has 1 aromatic carbocycles. The average Bonchev–Trinajstić information content (AvgIpc) is 2.90. The van der Waals surface area contributed by atoms with Gasteiger partial charge in [0.25, 0.3) is 0 Å². The van der Waals surface area contributed by atoms with Gasteiger partial charge in [0.15, 0.2) is 0 Å². The molecule has 3 nitrogen and oxygen atoms in total. The number of anilines is 1. The SMILES string of the molecule is CC1CCC(CNc2c(C(N)=S)cnc3ccccc23)C1. The van der Waals surface area contributed by atoms with Crippen molar-refractivity contribution >= 4 is 33.8 Å². The number of hydrogen-bond donors (Lipinski definition) is 2. The second-order valence-corrected chi connectivity index (χ2v) is 6.53. The molecule has 2 aromatic rings. The van der Waals surface area contributed by atoms with Gasteiger partial charge in [-0.3, -0.25) is 4.98 Å². The van der Waals surface area contributed by atoms with Gasteiger partial charge in [0, 0.05) is 18.1 Å². The molecule has 0 amide bonds. The van der Waals surface area contributed by atoms with Gasteiger partial charge in [-0.05, 0) is 30.7 Å². The molecule has 1 aliphatic rings. The lowest BCUT2D eigenvalue weighted by Gasteiger charge is -2.17. The summed E-state index contributed by atoms with van der Waals surface area (Å²) in [6, 6.07) is 8.11. The molecule has 0 aliphatic heterocycles. The second kappa shape index (κ2) is 5.98. The van der Waals surface area contributed by atoms with Crippen LogP contribution in [-0.2, 0) is 0 Å². The first-order valence-corrected chi connectivity index (χ1v) is 7.97. The fraction of sp³-hybridized carbons (Fsp3) is 0.412. The average molecular weight is 299 g/mol. The van der Waals surface area contributed by atoms with Crippen LogP contribution >= 0.6 is 12.2 Å². The molecule has 21 heavy (non-hydrogen) atoms. The molecule has 1 fully saturated rings. The van der Waals surface area contributed by atoms with Crippen molar-refractivity contribution in [2.75, 3.05) is 11.9 Å². The summed E-state index contributed by atoms with van der Waals surface area (Å²) in [5.74, 6) is 1.59. The van der Waals surface area contributed by atoms with Gasteiger partial charge in [0.2, 0.25) is 0 Å². The van der Waals surface area contributed by atoms with Gasteiger partial charge in [-0.15, -0.1) is 0 Å². The molecule has 0 spiro atoms. The van der Waals surface area contributed by atoms with E-state index < -0.39 is 0 Å². The normalized spacial score (nSPS) is 21.6. The molecule has 2 unspecified atom stereocenters. The summed E-state index contributed by atoms with van der Waals surface area (Å²) < 4.78 is 0. The minimum Gasteiger partial charge on any atom is -0.389 e. The summed E-state index contributed by atoms with van der Waals surface area (Å²) in [7, 11) is 0. The number of aromatic nitrogens is 1. The summed E-state index contributed by atoms with van der Waals surface area (Å²) in [6.07, 6.45) is 5.73. The predicted octanol–water partition coefficient (Wildman–Crippen LogP) is 3.72. The van der Waals surface area contributed by atoms with E-state index in [0.29, 0.717) is 4.99 Å². The zero-order chi connectivity index (χ0) is 14.8. The first-order chi connectivity index (χ1) is 10.1. The Kier molecular flexibility index (Phi) is 4.06. The Bertz CT molecular complexity index is 668. The van der Waals surface area contributed by atoms with E-state index >= 15 is 0 Å². The Labute approximate surface area is 130 Å². The van der Waals surface area contributed by atoms with Crippen molar-refractivity contribution in [3.63, 3.8) is 0 Å². The van der Waals surface area contributed by atoms with Crippen LogP contribution in [0.3, 0.4) is 0 Å². The summed E-state index contributed by atoms with van der Waals surface area (Å²) in [5, 5.41) is 4.68. The van der Waals surface area contributed by atoms with E-state index in [0.717, 1.165) is 40.5 Å². The van der Waals surface area contributed by atoms with Crippen molar-refractivity contribution in [2.45, 2.75) is 26.2 Å². The molecular formula is C17H21N3S. The highest BCUT2D eigenvalue weighted by Crippen LogP contribution is 2.32. The molecule has 1 aliphatic carbocycles. The van der Waals surface area contributed by atoms with Gasteiger partial charge >= 0.3 is 0 Å². The monoisotopic (exact) mass is 299 g/mol. The molecule has 1 aromatic heterocycles. The van der Waals surface area contributed by atoms with Crippen molar-refractivity contribution in [3.05, 3.63) is 36.0 Å². The number of nitrogens with one attached hydrogen (secondary N) is 1. The number of pyridine rings is 1. The van der Waals surface area contributed by atoms with Crippen molar-refractivity contribution in [3.8, 4) is 0 Å². The van der Waals surface area contributed by atoms with Gasteiger partial charge in [-0.1, -0.05) is 43.8 Å². The smallest absolute Gasteiger partial charge is 0.107 e. The third-order valence-electron chi connectivity index (χ3n) is 4.41. The van der Waals surface area contributed by atoms with Gasteiger partial charge in [-0.2, -0.15) is 0 Å². The van der Waals surface area contributed by atoms with E-state index in [1.54, 1.807) is 6.20 Å². The second-order valence-electron chi connectivity index (χ2n) is 6.09. The highest BCUT2D eigenvalue weighted by Gasteiger charge is 2.21. The molecule has 1 heterocycles. The molecule has 0 bridgehead atoms. The summed E-state index contributed by atoms with van der Waals surface area (Å²) in [4.78, 5) is 4.85. The lowest BCUT2D eigenvalue weighted by Crippen LogP contribution is -2.17. The van der Waals surface area contributed by atoms with Gasteiger partial charge in [0.05, 0.1) is 16.8 Å². The van der Waals surface area contributed by atoms with E-state index in [1.165, 1.54) is 19.3 Å². The molecule has 110 valence electrons. The minimum atomic E-state index is 0.399. The van der Waals surface area contributed by atoms with Gasteiger partial charge in [0.1, 0.15) is 4.99 Å². The fourth-order valence-corrected chi connectivity index (χ4v) is 3.43. The van der Waals surface area contributed by atoms with Crippen molar-refractivity contribution in [1.29, 1.82) is 0 Å². The third-order valence-corrected chi connectivity index (χ3v) is 4.63. The van der Waals surface area contributed by atoms with E-state index in [4.69, 9.17) is 18.0 Å². The fourth-order valence-electron chi connectivity index (χ4n) is 3.28. The number of hydrogen-bond acceptors (Lipinski definition) is 3. The number of benzene rings is 1. The molecule has 1 saturated carbocycles. The largest absolute Gasteiger partial charge is 0.389 e. The molecular weight excluding hydrogens is 278 g/mol.